The van der Waals surface area contributed by atoms with Crippen molar-refractivity contribution in [1.29, 1.82) is 0 Å². The largest absolute Gasteiger partial charge is 0.350 e. The van der Waals surface area contributed by atoms with Crippen LogP contribution in [-0.2, 0) is 0 Å². The first-order chi connectivity index (χ1) is 10.2. The number of anilines is 1. The van der Waals surface area contributed by atoms with E-state index < -0.39 is 0 Å². The summed E-state index contributed by atoms with van der Waals surface area (Å²) in [5.74, 6) is 1.79. The second kappa shape index (κ2) is 5.14. The van der Waals surface area contributed by atoms with Crippen molar-refractivity contribution in [2.45, 2.75) is 0 Å². The number of aromatic amines is 1. The number of rotatable bonds is 2. The van der Waals surface area contributed by atoms with Crippen molar-refractivity contribution in [2.24, 2.45) is 0 Å². The van der Waals surface area contributed by atoms with Gasteiger partial charge in [0.1, 0.15) is 11.5 Å². The smallest absolute Gasteiger partial charge is 0.272 e. The predicted octanol–water partition coefficient (Wildman–Crippen LogP) is 3.54. The lowest BCUT2D eigenvalue weighted by molar-refractivity contribution is 0.102. The summed E-state index contributed by atoms with van der Waals surface area (Å²) in [5, 5.41) is 3.11. The van der Waals surface area contributed by atoms with Crippen LogP contribution in [0.15, 0.2) is 48.5 Å². The second-order valence-electron chi connectivity index (χ2n) is 4.56. The van der Waals surface area contributed by atoms with Gasteiger partial charge >= 0.3 is 0 Å². The normalized spacial score (nSPS) is 10.3. The molecule has 0 saturated carbocycles. The Kier molecular flexibility index (Phi) is 3.17. The van der Waals surface area contributed by atoms with Gasteiger partial charge in [0.15, 0.2) is 0 Å². The highest BCUT2D eigenvalue weighted by atomic mass is 19.1. The summed E-state index contributed by atoms with van der Waals surface area (Å²) >= 11 is 0. The molecule has 3 nitrogen and oxygen atoms in total. The van der Waals surface area contributed by atoms with Gasteiger partial charge in [-0.15, -0.1) is 6.42 Å². The number of aromatic nitrogens is 1. The number of hydrogen-bond acceptors (Lipinski definition) is 1. The molecule has 4 heteroatoms. The first-order valence-corrected chi connectivity index (χ1v) is 6.32. The van der Waals surface area contributed by atoms with Crippen LogP contribution in [0.2, 0.25) is 0 Å². The molecule has 3 rings (SSSR count). The minimum absolute atomic E-state index is 0.293. The molecule has 3 aromatic rings. The number of fused-ring (bicyclic) bond motifs is 1. The van der Waals surface area contributed by atoms with E-state index in [4.69, 9.17) is 6.42 Å². The van der Waals surface area contributed by atoms with Crippen LogP contribution >= 0.6 is 0 Å². The Morgan fingerprint density at radius 2 is 2.00 bits per heavy atom. The third-order valence-electron chi connectivity index (χ3n) is 3.14. The summed E-state index contributed by atoms with van der Waals surface area (Å²) in [6, 6.07) is 13.1. The second-order valence-corrected chi connectivity index (χ2v) is 4.56. The van der Waals surface area contributed by atoms with Crippen molar-refractivity contribution in [3.05, 3.63) is 65.6 Å². The summed E-state index contributed by atoms with van der Waals surface area (Å²) in [6.45, 7) is 0. The maximum atomic E-state index is 13.6. The fraction of sp³-hybridized carbons (Fsp3) is 0. The van der Waals surface area contributed by atoms with Gasteiger partial charge in [-0.05, 0) is 36.4 Å². The topological polar surface area (TPSA) is 44.9 Å². The van der Waals surface area contributed by atoms with E-state index in [9.17, 15) is 9.18 Å². The molecule has 0 saturated heterocycles. The van der Waals surface area contributed by atoms with E-state index in [1.54, 1.807) is 36.4 Å². The highest BCUT2D eigenvalue weighted by Crippen LogP contribution is 2.19. The summed E-state index contributed by atoms with van der Waals surface area (Å²) in [4.78, 5) is 15.1. The van der Waals surface area contributed by atoms with Crippen LogP contribution in [0.25, 0.3) is 10.9 Å². The van der Waals surface area contributed by atoms with Crippen LogP contribution in [0.1, 0.15) is 16.1 Å². The zero-order valence-corrected chi connectivity index (χ0v) is 11.0. The van der Waals surface area contributed by atoms with Crippen LogP contribution in [0.4, 0.5) is 10.1 Å². The minimum atomic E-state index is -0.364. The van der Waals surface area contributed by atoms with Crippen molar-refractivity contribution in [1.82, 2.24) is 4.98 Å². The zero-order chi connectivity index (χ0) is 14.8. The number of carbonyl (C=O) groups excluding carboxylic acids is 1. The average molecular weight is 278 g/mol. The van der Waals surface area contributed by atoms with E-state index in [0.717, 1.165) is 0 Å². The monoisotopic (exact) mass is 278 g/mol. The predicted molar refractivity (Wildman–Crippen MR) is 80.6 cm³/mol. The number of hydrogen-bond donors (Lipinski definition) is 2. The Balaban J connectivity index is 1.90. The summed E-state index contributed by atoms with van der Waals surface area (Å²) in [5.41, 5.74) is 2.14. The summed E-state index contributed by atoms with van der Waals surface area (Å²) in [6.07, 6.45) is 5.32. The van der Waals surface area contributed by atoms with Crippen LogP contribution in [0.3, 0.4) is 0 Å². The standard InChI is InChI=1S/C17H11FN2O/c1-2-11-5-3-6-12(9-11)19-17(21)16-10-13-14(18)7-4-8-15(13)20-16/h1,3-10,20H,(H,19,21). The molecule has 0 fully saturated rings. The van der Waals surface area contributed by atoms with E-state index in [1.165, 1.54) is 12.1 Å². The molecule has 21 heavy (non-hydrogen) atoms. The number of halogens is 1. The number of carbonyl (C=O) groups is 1. The molecule has 0 aliphatic rings. The number of H-pyrrole nitrogens is 1. The fourth-order valence-corrected chi connectivity index (χ4v) is 2.13. The molecule has 0 aliphatic carbocycles. The molecule has 1 aromatic heterocycles. The van der Waals surface area contributed by atoms with E-state index >= 15 is 0 Å². The SMILES string of the molecule is C#Cc1cccc(NC(=O)c2cc3c(F)cccc3[nH]2)c1. The lowest BCUT2D eigenvalue weighted by Gasteiger charge is -2.03. The van der Waals surface area contributed by atoms with Gasteiger partial charge in [0.05, 0.1) is 0 Å². The molecule has 0 bridgehead atoms. The summed E-state index contributed by atoms with van der Waals surface area (Å²) in [7, 11) is 0. The zero-order valence-electron chi connectivity index (χ0n) is 11.0. The molecular formula is C17H11FN2O. The van der Waals surface area contributed by atoms with Crippen LogP contribution in [0.5, 0.6) is 0 Å². The molecule has 2 N–H and O–H groups in total. The molecule has 2 aromatic carbocycles. The van der Waals surface area contributed by atoms with Crippen molar-refractivity contribution in [2.75, 3.05) is 5.32 Å². The van der Waals surface area contributed by atoms with Gasteiger partial charge in [-0.25, -0.2) is 4.39 Å². The van der Waals surface area contributed by atoms with Crippen molar-refractivity contribution in [3.63, 3.8) is 0 Å². The molecule has 1 amide bonds. The maximum Gasteiger partial charge on any atom is 0.272 e. The molecular weight excluding hydrogens is 267 g/mol. The van der Waals surface area contributed by atoms with Gasteiger partial charge < -0.3 is 10.3 Å². The van der Waals surface area contributed by atoms with Crippen LogP contribution in [-0.4, -0.2) is 10.9 Å². The molecule has 0 aliphatic heterocycles. The molecule has 102 valence electrons. The minimum Gasteiger partial charge on any atom is -0.350 e. The maximum absolute atomic E-state index is 13.6. The first-order valence-electron chi connectivity index (χ1n) is 6.32. The van der Waals surface area contributed by atoms with Crippen LogP contribution in [0, 0.1) is 18.2 Å². The van der Waals surface area contributed by atoms with Crippen LogP contribution < -0.4 is 5.32 Å². The van der Waals surface area contributed by atoms with Gasteiger partial charge in [-0.3, -0.25) is 4.79 Å². The van der Waals surface area contributed by atoms with Gasteiger partial charge in [0.2, 0.25) is 0 Å². The van der Waals surface area contributed by atoms with E-state index in [0.29, 0.717) is 27.8 Å². The Bertz CT molecular complexity index is 874. The van der Waals surface area contributed by atoms with Crippen molar-refractivity contribution < 1.29 is 9.18 Å². The third kappa shape index (κ3) is 2.49. The average Bonchev–Trinajstić information content (AvgIpc) is 2.93. The number of nitrogens with one attached hydrogen (secondary N) is 2. The third-order valence-corrected chi connectivity index (χ3v) is 3.14. The van der Waals surface area contributed by atoms with Crippen molar-refractivity contribution in [3.8, 4) is 12.3 Å². The molecule has 0 atom stereocenters. The first kappa shape index (κ1) is 12.9. The quantitative estimate of drug-likeness (QED) is 0.692. The van der Waals surface area contributed by atoms with E-state index in [2.05, 4.69) is 16.2 Å². The molecule has 1 heterocycles. The van der Waals surface area contributed by atoms with Gasteiger partial charge in [-0.1, -0.05) is 18.1 Å². The van der Waals surface area contributed by atoms with E-state index in [-0.39, 0.29) is 11.7 Å². The van der Waals surface area contributed by atoms with Gasteiger partial charge in [0, 0.05) is 22.2 Å². The van der Waals surface area contributed by atoms with E-state index in [1.807, 2.05) is 0 Å². The van der Waals surface area contributed by atoms with Gasteiger partial charge in [0.25, 0.3) is 5.91 Å². The Morgan fingerprint density at radius 1 is 1.19 bits per heavy atom. The number of terminal acetylenes is 1. The Labute approximate surface area is 120 Å². The summed E-state index contributed by atoms with van der Waals surface area (Å²) < 4.78 is 13.6. The molecule has 0 radical (unpaired) electrons. The highest BCUT2D eigenvalue weighted by Gasteiger charge is 2.11. The van der Waals surface area contributed by atoms with Gasteiger partial charge in [-0.2, -0.15) is 0 Å². The Morgan fingerprint density at radius 3 is 2.76 bits per heavy atom. The van der Waals surface area contributed by atoms with Crippen molar-refractivity contribution >= 4 is 22.5 Å². The lowest BCUT2D eigenvalue weighted by atomic mass is 10.2. The highest BCUT2D eigenvalue weighted by molar-refractivity contribution is 6.06. The number of benzene rings is 2. The lowest BCUT2D eigenvalue weighted by Crippen LogP contribution is -2.12. The fourth-order valence-electron chi connectivity index (χ4n) is 2.13. The molecule has 0 unspecified atom stereocenters. The Hall–Kier alpha value is -3.06. The number of amides is 1. The molecule has 0 spiro atoms.